The number of carbonyl (C=O) groups excluding carboxylic acids is 2. The lowest BCUT2D eigenvalue weighted by molar-refractivity contribution is -0.135. The molecular formula is C36H47N3O5Si. The maximum absolute atomic E-state index is 13.6. The molecule has 0 aromatic heterocycles. The third-order valence-electron chi connectivity index (χ3n) is 9.93. The Bertz CT molecular complexity index is 1460. The SMILES string of the molecule is COc1ccc([Si](C)(C)[C@H]2[C@H](C)[C@H](CCc3cccc(NC(=O)c4ccc(N)cc4)c3)O[C@@H]2CC(=O)N2CCC[C@H]2CO)cc1. The van der Waals surface area contributed by atoms with Gasteiger partial charge < -0.3 is 30.5 Å². The number of likely N-dealkylation sites (tertiary alicyclic amines) is 1. The number of nitrogens with zero attached hydrogens (tertiary/aromatic N) is 1. The van der Waals surface area contributed by atoms with E-state index < -0.39 is 8.07 Å². The van der Waals surface area contributed by atoms with Crippen LogP contribution in [0.2, 0.25) is 18.6 Å². The van der Waals surface area contributed by atoms with E-state index in [2.05, 4.69) is 43.5 Å². The van der Waals surface area contributed by atoms with Crippen LogP contribution in [0.5, 0.6) is 5.75 Å². The summed E-state index contributed by atoms with van der Waals surface area (Å²) in [5, 5.41) is 14.2. The zero-order valence-electron chi connectivity index (χ0n) is 26.9. The molecule has 3 aromatic carbocycles. The fourth-order valence-electron chi connectivity index (χ4n) is 7.44. The molecule has 2 saturated heterocycles. The maximum atomic E-state index is 13.6. The maximum Gasteiger partial charge on any atom is 0.255 e. The molecule has 240 valence electrons. The van der Waals surface area contributed by atoms with E-state index in [9.17, 15) is 14.7 Å². The number of rotatable bonds is 11. The summed E-state index contributed by atoms with van der Waals surface area (Å²) in [6.45, 7) is 7.77. The number of anilines is 2. The number of nitrogen functional groups attached to an aromatic ring is 1. The molecule has 8 nitrogen and oxygen atoms in total. The molecule has 45 heavy (non-hydrogen) atoms. The van der Waals surface area contributed by atoms with Crippen LogP contribution in [0, 0.1) is 5.92 Å². The first kappa shape index (κ1) is 32.7. The number of hydrogen-bond donors (Lipinski definition) is 3. The molecule has 5 atom stereocenters. The fraction of sp³-hybridized carbons (Fsp3) is 0.444. The third kappa shape index (κ3) is 7.43. The van der Waals surface area contributed by atoms with E-state index in [1.165, 1.54) is 5.19 Å². The van der Waals surface area contributed by atoms with E-state index >= 15 is 0 Å². The lowest BCUT2D eigenvalue weighted by Crippen LogP contribution is -2.51. The van der Waals surface area contributed by atoms with Crippen molar-refractivity contribution < 1.29 is 24.2 Å². The van der Waals surface area contributed by atoms with Crippen LogP contribution in [-0.4, -0.2) is 68.4 Å². The Morgan fingerprint density at radius 1 is 1.07 bits per heavy atom. The number of carbonyl (C=O) groups is 2. The number of ether oxygens (including phenoxy) is 2. The number of aryl methyl sites for hydroxylation is 1. The molecule has 0 spiro atoms. The van der Waals surface area contributed by atoms with Crippen LogP contribution in [0.15, 0.2) is 72.8 Å². The zero-order chi connectivity index (χ0) is 32.1. The molecule has 3 aromatic rings. The van der Waals surface area contributed by atoms with E-state index in [0.717, 1.165) is 42.7 Å². The number of nitrogens with one attached hydrogen (secondary N) is 1. The van der Waals surface area contributed by atoms with E-state index in [1.807, 2.05) is 35.2 Å². The molecule has 2 aliphatic rings. The number of hydrogen-bond acceptors (Lipinski definition) is 6. The normalized spacial score (nSPS) is 23.2. The van der Waals surface area contributed by atoms with Crippen molar-refractivity contribution in [3.8, 4) is 5.75 Å². The summed E-state index contributed by atoms with van der Waals surface area (Å²) < 4.78 is 12.3. The standard InChI is InChI=1S/C36H47N3O5Si/c1-24-32(19-10-25-7-5-8-28(21-25)38-36(42)26-11-13-27(37)14-12-26)44-33(22-34(41)39-20-6-9-29(39)23-40)35(24)45(3,4)31-17-15-30(43-2)16-18-31/h5,7-8,11-18,21,24,29,32-33,35,40H,6,9-10,19-20,22-23,37H2,1-4H3,(H,38,42)/t24-,29+,32+,33-,35+/m1/s1. The van der Waals surface area contributed by atoms with Crippen molar-refractivity contribution in [3.63, 3.8) is 0 Å². The molecule has 0 bridgehead atoms. The number of aliphatic hydroxyl groups is 1. The minimum absolute atomic E-state index is 0.00179. The second kappa shape index (κ2) is 14.2. The molecule has 0 aliphatic carbocycles. The monoisotopic (exact) mass is 629 g/mol. The van der Waals surface area contributed by atoms with E-state index in [-0.39, 0.29) is 48.1 Å². The molecule has 2 fully saturated rings. The van der Waals surface area contributed by atoms with Gasteiger partial charge in [0.05, 0.1) is 46.5 Å². The van der Waals surface area contributed by atoms with Crippen molar-refractivity contribution in [1.29, 1.82) is 0 Å². The Morgan fingerprint density at radius 2 is 1.80 bits per heavy atom. The lowest BCUT2D eigenvalue weighted by Gasteiger charge is -2.36. The van der Waals surface area contributed by atoms with Crippen LogP contribution >= 0.6 is 0 Å². The van der Waals surface area contributed by atoms with E-state index in [4.69, 9.17) is 15.2 Å². The molecule has 2 heterocycles. The van der Waals surface area contributed by atoms with Crippen LogP contribution in [0.3, 0.4) is 0 Å². The van der Waals surface area contributed by atoms with Crippen molar-refractivity contribution in [1.82, 2.24) is 4.90 Å². The van der Waals surface area contributed by atoms with Crippen molar-refractivity contribution in [3.05, 3.63) is 83.9 Å². The van der Waals surface area contributed by atoms with Gasteiger partial charge in [-0.05, 0) is 91.2 Å². The first-order valence-corrected chi connectivity index (χ1v) is 19.1. The van der Waals surface area contributed by atoms with Gasteiger partial charge in [0.1, 0.15) is 5.75 Å². The van der Waals surface area contributed by atoms with Crippen LogP contribution in [0.4, 0.5) is 11.4 Å². The Morgan fingerprint density at radius 3 is 2.49 bits per heavy atom. The first-order valence-electron chi connectivity index (χ1n) is 16.1. The lowest BCUT2D eigenvalue weighted by atomic mass is 9.95. The predicted octanol–water partition coefficient (Wildman–Crippen LogP) is 5.23. The summed E-state index contributed by atoms with van der Waals surface area (Å²) in [6.07, 6.45) is 3.52. The van der Waals surface area contributed by atoms with Crippen molar-refractivity contribution >= 4 is 36.4 Å². The van der Waals surface area contributed by atoms with Gasteiger partial charge >= 0.3 is 0 Å². The van der Waals surface area contributed by atoms with Gasteiger partial charge in [-0.25, -0.2) is 0 Å². The largest absolute Gasteiger partial charge is 0.497 e. The minimum Gasteiger partial charge on any atom is -0.497 e. The van der Waals surface area contributed by atoms with Crippen LogP contribution in [-0.2, 0) is 16.0 Å². The fourth-order valence-corrected chi connectivity index (χ4v) is 11.5. The quantitative estimate of drug-likeness (QED) is 0.198. The Kier molecular flexibility index (Phi) is 10.3. The van der Waals surface area contributed by atoms with Gasteiger partial charge in [0.2, 0.25) is 5.91 Å². The smallest absolute Gasteiger partial charge is 0.255 e. The Balaban J connectivity index is 1.31. The highest BCUT2D eigenvalue weighted by atomic mass is 28.3. The average molecular weight is 630 g/mol. The predicted molar refractivity (Wildman–Crippen MR) is 182 cm³/mol. The number of aliphatic hydroxyl groups excluding tert-OH is 1. The molecule has 2 aliphatic heterocycles. The van der Waals surface area contributed by atoms with E-state index in [1.54, 1.807) is 31.4 Å². The second-order valence-electron chi connectivity index (χ2n) is 13.1. The highest BCUT2D eigenvalue weighted by molar-refractivity contribution is 6.91. The molecule has 0 radical (unpaired) electrons. The average Bonchev–Trinajstić information content (AvgIpc) is 3.64. The summed E-state index contributed by atoms with van der Waals surface area (Å²) in [7, 11) is -0.430. The summed E-state index contributed by atoms with van der Waals surface area (Å²) in [6, 6.07) is 23.1. The van der Waals surface area contributed by atoms with Gasteiger partial charge in [0.15, 0.2) is 0 Å². The number of benzene rings is 3. The topological polar surface area (TPSA) is 114 Å². The molecule has 0 saturated carbocycles. The Hall–Kier alpha value is -3.66. The summed E-state index contributed by atoms with van der Waals surface area (Å²) in [5.41, 5.74) is 9.03. The van der Waals surface area contributed by atoms with Crippen LogP contribution < -0.4 is 21.0 Å². The number of nitrogens with two attached hydrogens (primary N) is 1. The second-order valence-corrected chi connectivity index (χ2v) is 17.8. The van der Waals surface area contributed by atoms with Gasteiger partial charge in [-0.3, -0.25) is 9.59 Å². The minimum atomic E-state index is -2.11. The zero-order valence-corrected chi connectivity index (χ0v) is 27.9. The van der Waals surface area contributed by atoms with E-state index in [0.29, 0.717) is 24.2 Å². The first-order chi connectivity index (χ1) is 21.6. The van der Waals surface area contributed by atoms with Crippen molar-refractivity contribution in [2.45, 2.75) is 75.9 Å². The molecule has 9 heteroatoms. The third-order valence-corrected chi connectivity index (χ3v) is 14.3. The van der Waals surface area contributed by atoms with Gasteiger partial charge in [0, 0.05) is 23.5 Å². The summed E-state index contributed by atoms with van der Waals surface area (Å²) in [5.74, 6) is 0.993. The van der Waals surface area contributed by atoms with Gasteiger partial charge in [-0.15, -0.1) is 0 Å². The molecule has 4 N–H and O–H groups in total. The molecule has 2 amide bonds. The highest BCUT2D eigenvalue weighted by Gasteiger charge is 2.51. The van der Waals surface area contributed by atoms with Crippen LogP contribution in [0.25, 0.3) is 0 Å². The Labute approximate surface area is 267 Å². The van der Waals surface area contributed by atoms with Gasteiger partial charge in [-0.2, -0.15) is 0 Å². The number of methoxy groups -OCH3 is 1. The number of amides is 2. The molecule has 0 unspecified atom stereocenters. The van der Waals surface area contributed by atoms with Crippen LogP contribution in [0.1, 0.15) is 48.5 Å². The summed E-state index contributed by atoms with van der Waals surface area (Å²) in [4.78, 5) is 28.2. The molecule has 5 rings (SSSR count). The van der Waals surface area contributed by atoms with Gasteiger partial charge in [-0.1, -0.05) is 49.5 Å². The van der Waals surface area contributed by atoms with Crippen molar-refractivity contribution in [2.24, 2.45) is 5.92 Å². The van der Waals surface area contributed by atoms with Crippen molar-refractivity contribution in [2.75, 3.05) is 31.3 Å². The highest BCUT2D eigenvalue weighted by Crippen LogP contribution is 2.46. The summed E-state index contributed by atoms with van der Waals surface area (Å²) >= 11 is 0. The molecular weight excluding hydrogens is 582 g/mol. The van der Waals surface area contributed by atoms with Gasteiger partial charge in [0.25, 0.3) is 5.91 Å².